The number of ether oxygens (including phenoxy) is 1. The molecule has 0 saturated carbocycles. The first-order valence-corrected chi connectivity index (χ1v) is 5.24. The standard InChI is InChI=1S/C10H19NO3/c11-4-1-2-9(10(12)13)6-8-3-5-14-7-8/h8-9H,1-7,11H2,(H,12,13). The van der Waals surface area contributed by atoms with E-state index in [9.17, 15) is 4.79 Å². The van der Waals surface area contributed by atoms with Crippen LogP contribution in [0.25, 0.3) is 0 Å². The van der Waals surface area contributed by atoms with Gasteiger partial charge >= 0.3 is 5.97 Å². The summed E-state index contributed by atoms with van der Waals surface area (Å²) >= 11 is 0. The Hall–Kier alpha value is -0.610. The monoisotopic (exact) mass is 201 g/mol. The highest BCUT2D eigenvalue weighted by Crippen LogP contribution is 2.24. The number of aliphatic carboxylic acids is 1. The smallest absolute Gasteiger partial charge is 0.306 e. The Kier molecular flexibility index (Phi) is 4.90. The van der Waals surface area contributed by atoms with Crippen molar-refractivity contribution < 1.29 is 14.6 Å². The summed E-state index contributed by atoms with van der Waals surface area (Å²) in [6, 6.07) is 0. The molecule has 2 unspecified atom stereocenters. The van der Waals surface area contributed by atoms with Gasteiger partial charge < -0.3 is 15.6 Å². The Morgan fingerprint density at radius 2 is 2.43 bits per heavy atom. The maximum atomic E-state index is 10.9. The molecular formula is C10H19NO3. The third-order valence-electron chi connectivity index (χ3n) is 2.75. The molecule has 0 bridgehead atoms. The number of nitrogens with two attached hydrogens (primary N) is 1. The number of hydrogen-bond acceptors (Lipinski definition) is 3. The van der Waals surface area contributed by atoms with Crippen molar-refractivity contribution in [1.29, 1.82) is 0 Å². The van der Waals surface area contributed by atoms with Crippen molar-refractivity contribution in [3.8, 4) is 0 Å². The second-order valence-electron chi connectivity index (χ2n) is 3.93. The van der Waals surface area contributed by atoms with E-state index < -0.39 is 5.97 Å². The highest BCUT2D eigenvalue weighted by atomic mass is 16.5. The van der Waals surface area contributed by atoms with Crippen molar-refractivity contribution in [2.75, 3.05) is 19.8 Å². The molecule has 3 N–H and O–H groups in total. The molecule has 0 aromatic carbocycles. The highest BCUT2D eigenvalue weighted by molar-refractivity contribution is 5.69. The maximum Gasteiger partial charge on any atom is 0.306 e. The molecule has 0 spiro atoms. The fourth-order valence-corrected chi connectivity index (χ4v) is 1.88. The lowest BCUT2D eigenvalue weighted by atomic mass is 9.90. The number of rotatable bonds is 6. The molecule has 0 aromatic heterocycles. The van der Waals surface area contributed by atoms with E-state index in [1.165, 1.54) is 0 Å². The molecular weight excluding hydrogens is 182 g/mol. The van der Waals surface area contributed by atoms with Gasteiger partial charge in [-0.25, -0.2) is 0 Å². The Labute approximate surface area is 84.4 Å². The average molecular weight is 201 g/mol. The zero-order valence-electron chi connectivity index (χ0n) is 8.45. The van der Waals surface area contributed by atoms with Gasteiger partial charge in [-0.1, -0.05) is 0 Å². The van der Waals surface area contributed by atoms with Gasteiger partial charge in [0.2, 0.25) is 0 Å². The van der Waals surface area contributed by atoms with Crippen LogP contribution in [0.5, 0.6) is 0 Å². The van der Waals surface area contributed by atoms with Gasteiger partial charge in [-0.15, -0.1) is 0 Å². The predicted molar refractivity (Wildman–Crippen MR) is 53.0 cm³/mol. The molecule has 1 saturated heterocycles. The second-order valence-corrected chi connectivity index (χ2v) is 3.93. The van der Waals surface area contributed by atoms with E-state index in [2.05, 4.69) is 0 Å². The van der Waals surface area contributed by atoms with Crippen LogP contribution in [0.3, 0.4) is 0 Å². The molecule has 0 aliphatic carbocycles. The van der Waals surface area contributed by atoms with Crippen LogP contribution < -0.4 is 5.73 Å². The largest absolute Gasteiger partial charge is 0.481 e. The minimum Gasteiger partial charge on any atom is -0.481 e. The van der Waals surface area contributed by atoms with Gasteiger partial charge in [-0.3, -0.25) is 4.79 Å². The topological polar surface area (TPSA) is 72.5 Å². The zero-order valence-corrected chi connectivity index (χ0v) is 8.45. The van der Waals surface area contributed by atoms with Crippen molar-refractivity contribution in [2.45, 2.75) is 25.7 Å². The van der Waals surface area contributed by atoms with Crippen molar-refractivity contribution >= 4 is 5.97 Å². The Morgan fingerprint density at radius 3 is 2.93 bits per heavy atom. The van der Waals surface area contributed by atoms with E-state index in [-0.39, 0.29) is 5.92 Å². The lowest BCUT2D eigenvalue weighted by molar-refractivity contribution is -0.142. The number of carboxylic acid groups (broad SMARTS) is 1. The van der Waals surface area contributed by atoms with E-state index in [1.807, 2.05) is 0 Å². The first kappa shape index (κ1) is 11.5. The van der Waals surface area contributed by atoms with Gasteiger partial charge in [0, 0.05) is 13.2 Å². The Morgan fingerprint density at radius 1 is 1.64 bits per heavy atom. The number of carbonyl (C=O) groups is 1. The van der Waals surface area contributed by atoms with Crippen LogP contribution >= 0.6 is 0 Å². The lowest BCUT2D eigenvalue weighted by Crippen LogP contribution is -2.19. The normalized spacial score (nSPS) is 23.6. The molecule has 1 rings (SSSR count). The zero-order chi connectivity index (χ0) is 10.4. The molecule has 14 heavy (non-hydrogen) atoms. The molecule has 2 atom stereocenters. The molecule has 1 fully saturated rings. The molecule has 0 amide bonds. The SMILES string of the molecule is NCCCC(CC1CCOC1)C(=O)O. The first-order chi connectivity index (χ1) is 6.74. The minimum atomic E-state index is -0.689. The summed E-state index contributed by atoms with van der Waals surface area (Å²) in [6.07, 6.45) is 3.24. The van der Waals surface area contributed by atoms with Gasteiger partial charge in [-0.2, -0.15) is 0 Å². The molecule has 1 aliphatic heterocycles. The van der Waals surface area contributed by atoms with Gasteiger partial charge in [0.05, 0.1) is 5.92 Å². The third kappa shape index (κ3) is 3.64. The first-order valence-electron chi connectivity index (χ1n) is 5.24. The van der Waals surface area contributed by atoms with Crippen LogP contribution in [-0.2, 0) is 9.53 Å². The van der Waals surface area contributed by atoms with Crippen LogP contribution in [0.1, 0.15) is 25.7 Å². The Bertz CT molecular complexity index is 178. The fourth-order valence-electron chi connectivity index (χ4n) is 1.88. The quantitative estimate of drug-likeness (QED) is 0.668. The summed E-state index contributed by atoms with van der Waals surface area (Å²) in [5, 5.41) is 8.98. The van der Waals surface area contributed by atoms with Gasteiger partial charge in [0.15, 0.2) is 0 Å². The third-order valence-corrected chi connectivity index (χ3v) is 2.75. The van der Waals surface area contributed by atoms with E-state index in [0.29, 0.717) is 18.9 Å². The molecule has 1 heterocycles. The van der Waals surface area contributed by atoms with E-state index in [0.717, 1.165) is 32.5 Å². The minimum absolute atomic E-state index is 0.231. The molecule has 82 valence electrons. The predicted octanol–water partition coefficient (Wildman–Crippen LogP) is 0.853. The van der Waals surface area contributed by atoms with Crippen molar-refractivity contribution in [3.63, 3.8) is 0 Å². The van der Waals surface area contributed by atoms with Crippen molar-refractivity contribution in [1.82, 2.24) is 0 Å². The van der Waals surface area contributed by atoms with Crippen molar-refractivity contribution in [2.24, 2.45) is 17.6 Å². The van der Waals surface area contributed by atoms with Gasteiger partial charge in [0.25, 0.3) is 0 Å². The van der Waals surface area contributed by atoms with Crippen LogP contribution in [0.2, 0.25) is 0 Å². The molecule has 0 radical (unpaired) electrons. The van der Waals surface area contributed by atoms with Crippen LogP contribution in [-0.4, -0.2) is 30.8 Å². The summed E-state index contributed by atoms with van der Waals surface area (Å²) in [4.78, 5) is 10.9. The van der Waals surface area contributed by atoms with Crippen LogP contribution in [0.15, 0.2) is 0 Å². The van der Waals surface area contributed by atoms with E-state index in [4.69, 9.17) is 15.6 Å². The summed E-state index contributed by atoms with van der Waals surface area (Å²) in [7, 11) is 0. The van der Waals surface area contributed by atoms with E-state index in [1.54, 1.807) is 0 Å². The summed E-state index contributed by atoms with van der Waals surface area (Å²) < 4.78 is 5.22. The van der Waals surface area contributed by atoms with Crippen LogP contribution in [0, 0.1) is 11.8 Å². The van der Waals surface area contributed by atoms with E-state index >= 15 is 0 Å². The molecule has 4 heteroatoms. The molecule has 1 aliphatic rings. The van der Waals surface area contributed by atoms with Gasteiger partial charge in [-0.05, 0) is 38.1 Å². The molecule has 4 nitrogen and oxygen atoms in total. The lowest BCUT2D eigenvalue weighted by Gasteiger charge is -2.15. The Balaban J connectivity index is 2.30. The highest BCUT2D eigenvalue weighted by Gasteiger charge is 2.24. The second kappa shape index (κ2) is 5.98. The summed E-state index contributed by atoms with van der Waals surface area (Å²) in [5.41, 5.74) is 5.37. The summed E-state index contributed by atoms with van der Waals surface area (Å²) in [6.45, 7) is 2.09. The van der Waals surface area contributed by atoms with Crippen LogP contribution in [0.4, 0.5) is 0 Å². The van der Waals surface area contributed by atoms with Crippen molar-refractivity contribution in [3.05, 3.63) is 0 Å². The average Bonchev–Trinajstić information content (AvgIpc) is 2.64. The molecule has 0 aromatic rings. The maximum absolute atomic E-state index is 10.9. The number of hydrogen-bond donors (Lipinski definition) is 2. The summed E-state index contributed by atoms with van der Waals surface area (Å²) in [5.74, 6) is -0.482. The fraction of sp³-hybridized carbons (Fsp3) is 0.900. The van der Waals surface area contributed by atoms with Gasteiger partial charge in [0.1, 0.15) is 0 Å². The number of carboxylic acids is 1.